The molecule has 4 heteroatoms. The largest absolute Gasteiger partial charge is 0.494 e. The molecule has 2 aromatic rings. The summed E-state index contributed by atoms with van der Waals surface area (Å²) < 4.78 is 6.19. The van der Waals surface area contributed by atoms with Gasteiger partial charge in [-0.25, -0.2) is 0 Å². The summed E-state index contributed by atoms with van der Waals surface area (Å²) in [5.74, 6) is 0.654. The van der Waals surface area contributed by atoms with Crippen LogP contribution in [0.5, 0.6) is 5.75 Å². The molecule has 0 bridgehead atoms. The summed E-state index contributed by atoms with van der Waals surface area (Å²) in [7, 11) is 0. The summed E-state index contributed by atoms with van der Waals surface area (Å²) >= 11 is 9.40. The van der Waals surface area contributed by atoms with Crippen molar-refractivity contribution in [3.8, 4) is 5.75 Å². The Balaban J connectivity index is 2.28. The SMILES string of the molecule is CCOc1ccc(C(=O)c2ccc(Br)cc2Cl)cc1. The first-order valence-corrected chi connectivity index (χ1v) is 7.01. The van der Waals surface area contributed by atoms with E-state index in [0.717, 1.165) is 10.2 Å². The van der Waals surface area contributed by atoms with Crippen LogP contribution < -0.4 is 4.74 Å². The van der Waals surface area contributed by atoms with E-state index in [-0.39, 0.29) is 5.78 Å². The number of rotatable bonds is 4. The Morgan fingerprint density at radius 1 is 1.21 bits per heavy atom. The lowest BCUT2D eigenvalue weighted by Gasteiger charge is -2.06. The van der Waals surface area contributed by atoms with Gasteiger partial charge in [0.2, 0.25) is 0 Å². The standard InChI is InChI=1S/C15H12BrClO2/c1-2-19-12-6-3-10(4-7-12)15(18)13-8-5-11(16)9-14(13)17/h3-9H,2H2,1H3. The van der Waals surface area contributed by atoms with Crippen molar-refractivity contribution in [3.05, 3.63) is 63.1 Å². The molecular weight excluding hydrogens is 328 g/mol. The highest BCUT2D eigenvalue weighted by molar-refractivity contribution is 9.10. The van der Waals surface area contributed by atoms with Crippen molar-refractivity contribution in [1.29, 1.82) is 0 Å². The Bertz CT molecular complexity index is 594. The number of carbonyl (C=O) groups excluding carboxylic acids is 1. The van der Waals surface area contributed by atoms with Gasteiger partial charge in [-0.2, -0.15) is 0 Å². The maximum atomic E-state index is 12.3. The van der Waals surface area contributed by atoms with Gasteiger partial charge in [-0.3, -0.25) is 4.79 Å². The molecule has 0 atom stereocenters. The van der Waals surface area contributed by atoms with Crippen molar-refractivity contribution in [2.75, 3.05) is 6.61 Å². The van der Waals surface area contributed by atoms with Gasteiger partial charge in [0.1, 0.15) is 5.75 Å². The van der Waals surface area contributed by atoms with E-state index in [4.69, 9.17) is 16.3 Å². The van der Waals surface area contributed by atoms with E-state index in [1.165, 1.54) is 0 Å². The van der Waals surface area contributed by atoms with Crippen molar-refractivity contribution in [3.63, 3.8) is 0 Å². The van der Waals surface area contributed by atoms with E-state index in [2.05, 4.69) is 15.9 Å². The first kappa shape index (κ1) is 14.1. The maximum absolute atomic E-state index is 12.3. The highest BCUT2D eigenvalue weighted by Gasteiger charge is 2.13. The molecule has 0 aliphatic rings. The maximum Gasteiger partial charge on any atom is 0.194 e. The lowest BCUT2D eigenvalue weighted by atomic mass is 10.0. The molecule has 0 fully saturated rings. The minimum Gasteiger partial charge on any atom is -0.494 e. The molecule has 0 aliphatic carbocycles. The lowest BCUT2D eigenvalue weighted by Crippen LogP contribution is -2.02. The Morgan fingerprint density at radius 2 is 1.89 bits per heavy atom. The fraction of sp³-hybridized carbons (Fsp3) is 0.133. The third-order valence-electron chi connectivity index (χ3n) is 2.60. The first-order chi connectivity index (χ1) is 9.11. The van der Waals surface area contributed by atoms with Crippen LogP contribution in [0.3, 0.4) is 0 Å². The van der Waals surface area contributed by atoms with Crippen molar-refractivity contribution in [2.45, 2.75) is 6.92 Å². The van der Waals surface area contributed by atoms with Crippen LogP contribution in [0, 0.1) is 0 Å². The average Bonchev–Trinajstić information content (AvgIpc) is 2.39. The quantitative estimate of drug-likeness (QED) is 0.753. The molecule has 0 radical (unpaired) electrons. The monoisotopic (exact) mass is 338 g/mol. The van der Waals surface area contributed by atoms with Gasteiger partial charge in [0, 0.05) is 15.6 Å². The van der Waals surface area contributed by atoms with Crippen molar-refractivity contribution < 1.29 is 9.53 Å². The van der Waals surface area contributed by atoms with Crippen LogP contribution in [-0.2, 0) is 0 Å². The molecular formula is C15H12BrClO2. The number of ether oxygens (including phenoxy) is 1. The lowest BCUT2D eigenvalue weighted by molar-refractivity contribution is 0.103. The molecule has 0 aromatic heterocycles. The van der Waals surface area contributed by atoms with Crippen LogP contribution in [0.25, 0.3) is 0 Å². The van der Waals surface area contributed by atoms with Crippen molar-refractivity contribution in [2.24, 2.45) is 0 Å². The summed E-state index contributed by atoms with van der Waals surface area (Å²) in [6.45, 7) is 2.52. The number of hydrogen-bond donors (Lipinski definition) is 0. The highest BCUT2D eigenvalue weighted by Crippen LogP contribution is 2.24. The molecule has 0 amide bonds. The molecule has 98 valence electrons. The summed E-state index contributed by atoms with van der Waals surface area (Å²) in [5, 5.41) is 0.438. The summed E-state index contributed by atoms with van der Waals surface area (Å²) in [4.78, 5) is 12.3. The van der Waals surface area contributed by atoms with E-state index in [1.807, 2.05) is 6.92 Å². The first-order valence-electron chi connectivity index (χ1n) is 5.84. The van der Waals surface area contributed by atoms with E-state index in [1.54, 1.807) is 42.5 Å². The average molecular weight is 340 g/mol. The zero-order valence-electron chi connectivity index (χ0n) is 10.3. The minimum absolute atomic E-state index is 0.0967. The predicted molar refractivity (Wildman–Crippen MR) is 80.2 cm³/mol. The molecule has 2 nitrogen and oxygen atoms in total. The van der Waals surface area contributed by atoms with E-state index >= 15 is 0 Å². The molecule has 0 heterocycles. The molecule has 0 aliphatic heterocycles. The number of ketones is 1. The van der Waals surface area contributed by atoms with Gasteiger partial charge in [-0.05, 0) is 49.4 Å². The van der Waals surface area contributed by atoms with Gasteiger partial charge in [0.15, 0.2) is 5.78 Å². The molecule has 2 aromatic carbocycles. The molecule has 0 saturated heterocycles. The number of carbonyl (C=O) groups is 1. The number of benzene rings is 2. The third-order valence-corrected chi connectivity index (χ3v) is 3.41. The molecule has 2 rings (SSSR count). The zero-order chi connectivity index (χ0) is 13.8. The van der Waals surface area contributed by atoms with Gasteiger partial charge in [0.05, 0.1) is 11.6 Å². The van der Waals surface area contributed by atoms with Crippen molar-refractivity contribution >= 4 is 33.3 Å². The molecule has 0 N–H and O–H groups in total. The Morgan fingerprint density at radius 3 is 2.47 bits per heavy atom. The molecule has 0 saturated carbocycles. The number of hydrogen-bond acceptors (Lipinski definition) is 2. The number of halogens is 2. The fourth-order valence-corrected chi connectivity index (χ4v) is 2.46. The fourth-order valence-electron chi connectivity index (χ4n) is 1.70. The topological polar surface area (TPSA) is 26.3 Å². The second-order valence-corrected chi connectivity index (χ2v) is 5.23. The summed E-state index contributed by atoms with van der Waals surface area (Å²) in [5.41, 5.74) is 1.08. The second-order valence-electron chi connectivity index (χ2n) is 3.91. The zero-order valence-corrected chi connectivity index (χ0v) is 12.7. The minimum atomic E-state index is -0.0967. The predicted octanol–water partition coefficient (Wildman–Crippen LogP) is 4.73. The molecule has 0 spiro atoms. The Labute approximate surface area is 125 Å². The van der Waals surface area contributed by atoms with Crippen LogP contribution in [-0.4, -0.2) is 12.4 Å². The van der Waals surface area contributed by atoms with E-state index in [9.17, 15) is 4.79 Å². The van der Waals surface area contributed by atoms with Gasteiger partial charge in [0.25, 0.3) is 0 Å². The summed E-state index contributed by atoms with van der Waals surface area (Å²) in [6.07, 6.45) is 0. The van der Waals surface area contributed by atoms with Gasteiger partial charge in [-0.1, -0.05) is 27.5 Å². The van der Waals surface area contributed by atoms with Gasteiger partial charge >= 0.3 is 0 Å². The normalized spacial score (nSPS) is 10.3. The van der Waals surface area contributed by atoms with Gasteiger partial charge < -0.3 is 4.74 Å². The second kappa shape index (κ2) is 6.22. The van der Waals surface area contributed by atoms with Gasteiger partial charge in [-0.15, -0.1) is 0 Å². The summed E-state index contributed by atoms with van der Waals surface area (Å²) in [6, 6.07) is 12.3. The third kappa shape index (κ3) is 3.37. The van der Waals surface area contributed by atoms with E-state index in [0.29, 0.717) is 22.8 Å². The van der Waals surface area contributed by atoms with Crippen molar-refractivity contribution in [1.82, 2.24) is 0 Å². The highest BCUT2D eigenvalue weighted by atomic mass is 79.9. The van der Waals surface area contributed by atoms with Crippen LogP contribution in [0.1, 0.15) is 22.8 Å². The smallest absolute Gasteiger partial charge is 0.194 e. The van der Waals surface area contributed by atoms with Crippen LogP contribution >= 0.6 is 27.5 Å². The van der Waals surface area contributed by atoms with Crippen LogP contribution in [0.2, 0.25) is 5.02 Å². The van der Waals surface area contributed by atoms with Crippen LogP contribution in [0.15, 0.2) is 46.9 Å². The Kier molecular flexibility index (Phi) is 4.61. The Hall–Kier alpha value is -1.32. The molecule has 19 heavy (non-hydrogen) atoms. The van der Waals surface area contributed by atoms with E-state index < -0.39 is 0 Å². The molecule has 0 unspecified atom stereocenters. The van der Waals surface area contributed by atoms with Crippen LogP contribution in [0.4, 0.5) is 0 Å².